The van der Waals surface area contributed by atoms with Crippen molar-refractivity contribution in [2.24, 2.45) is 5.41 Å². The van der Waals surface area contributed by atoms with Gasteiger partial charge in [0.1, 0.15) is 5.69 Å². The van der Waals surface area contributed by atoms with Gasteiger partial charge < -0.3 is 10.4 Å². The molecule has 5 nitrogen and oxygen atoms in total. The number of amides is 1. The summed E-state index contributed by atoms with van der Waals surface area (Å²) in [6.45, 7) is 6.02. The molecule has 1 rings (SSSR count). The van der Waals surface area contributed by atoms with Gasteiger partial charge in [0, 0.05) is 16.7 Å². The molecular formula is C14H19BrN2O3. The molecular weight excluding hydrogens is 324 g/mol. The number of carbonyl (C=O) groups excluding carboxylic acids is 1. The average molecular weight is 343 g/mol. The van der Waals surface area contributed by atoms with Crippen LogP contribution in [0.15, 0.2) is 22.8 Å². The number of carboxylic acid groups (broad SMARTS) is 1. The Morgan fingerprint density at radius 3 is 2.50 bits per heavy atom. The van der Waals surface area contributed by atoms with Gasteiger partial charge in [-0.25, -0.2) is 4.98 Å². The minimum atomic E-state index is -0.927. The van der Waals surface area contributed by atoms with Crippen molar-refractivity contribution in [2.75, 3.05) is 0 Å². The molecule has 1 unspecified atom stereocenters. The largest absolute Gasteiger partial charge is 0.481 e. The van der Waals surface area contributed by atoms with Crippen LogP contribution < -0.4 is 5.32 Å². The SMILES string of the molecule is CC(C)(C)CC(CC(=O)O)NC(=O)c1ccc(Br)cn1. The molecule has 0 fully saturated rings. The Morgan fingerprint density at radius 2 is 2.05 bits per heavy atom. The third-order valence-corrected chi connectivity index (χ3v) is 3.04. The standard InChI is InChI=1S/C14H19BrN2O3/c1-14(2,3)7-10(6-12(18)19)17-13(20)11-5-4-9(15)8-16-11/h4-5,8,10H,6-7H2,1-3H3,(H,17,20)(H,18,19). The number of pyridine rings is 1. The van der Waals surface area contributed by atoms with E-state index in [1.54, 1.807) is 12.1 Å². The fraction of sp³-hybridized carbons (Fsp3) is 0.500. The highest BCUT2D eigenvalue weighted by molar-refractivity contribution is 9.10. The number of aliphatic carboxylic acids is 1. The molecule has 0 aliphatic rings. The molecule has 1 heterocycles. The van der Waals surface area contributed by atoms with Crippen LogP contribution in [0.5, 0.6) is 0 Å². The van der Waals surface area contributed by atoms with E-state index in [4.69, 9.17) is 5.11 Å². The van der Waals surface area contributed by atoms with Gasteiger partial charge in [-0.3, -0.25) is 9.59 Å². The summed E-state index contributed by atoms with van der Waals surface area (Å²) in [6, 6.07) is 2.90. The van der Waals surface area contributed by atoms with Crippen LogP contribution in [0.2, 0.25) is 0 Å². The number of halogens is 1. The summed E-state index contributed by atoms with van der Waals surface area (Å²) in [5, 5.41) is 11.7. The molecule has 0 saturated carbocycles. The number of nitrogens with one attached hydrogen (secondary N) is 1. The second kappa shape index (κ2) is 6.83. The second-order valence-electron chi connectivity index (χ2n) is 5.89. The summed E-state index contributed by atoms with van der Waals surface area (Å²) in [4.78, 5) is 26.9. The zero-order valence-corrected chi connectivity index (χ0v) is 13.4. The van der Waals surface area contributed by atoms with Gasteiger partial charge in [-0.2, -0.15) is 0 Å². The monoisotopic (exact) mass is 342 g/mol. The molecule has 1 aromatic heterocycles. The van der Waals surface area contributed by atoms with Crippen molar-refractivity contribution in [2.45, 2.75) is 39.7 Å². The number of nitrogens with zero attached hydrogens (tertiary/aromatic N) is 1. The molecule has 1 atom stereocenters. The Hall–Kier alpha value is -1.43. The van der Waals surface area contributed by atoms with Crippen molar-refractivity contribution in [1.29, 1.82) is 0 Å². The maximum Gasteiger partial charge on any atom is 0.305 e. The Morgan fingerprint density at radius 1 is 1.40 bits per heavy atom. The molecule has 0 saturated heterocycles. The van der Waals surface area contributed by atoms with Gasteiger partial charge in [-0.05, 0) is 39.9 Å². The van der Waals surface area contributed by atoms with E-state index in [9.17, 15) is 9.59 Å². The topological polar surface area (TPSA) is 79.3 Å². The van der Waals surface area contributed by atoms with Crippen LogP contribution in [-0.2, 0) is 4.79 Å². The van der Waals surface area contributed by atoms with E-state index >= 15 is 0 Å². The maximum absolute atomic E-state index is 12.1. The molecule has 0 radical (unpaired) electrons. The summed E-state index contributed by atoms with van der Waals surface area (Å²) in [7, 11) is 0. The first-order chi connectivity index (χ1) is 9.17. The summed E-state index contributed by atoms with van der Waals surface area (Å²) < 4.78 is 0.783. The Labute approximate surface area is 126 Å². The van der Waals surface area contributed by atoms with Gasteiger partial charge in [-0.15, -0.1) is 0 Å². The van der Waals surface area contributed by atoms with Crippen LogP contribution in [-0.4, -0.2) is 28.0 Å². The minimum Gasteiger partial charge on any atom is -0.481 e. The molecule has 0 bridgehead atoms. The van der Waals surface area contributed by atoms with E-state index in [2.05, 4.69) is 26.2 Å². The number of carbonyl (C=O) groups is 2. The van der Waals surface area contributed by atoms with Gasteiger partial charge in [0.2, 0.25) is 0 Å². The predicted octanol–water partition coefficient (Wildman–Crippen LogP) is 2.85. The van der Waals surface area contributed by atoms with Gasteiger partial charge in [0.25, 0.3) is 5.91 Å². The Kier molecular flexibility index (Phi) is 5.68. The molecule has 0 aliphatic carbocycles. The maximum atomic E-state index is 12.1. The van der Waals surface area contributed by atoms with Gasteiger partial charge in [-0.1, -0.05) is 20.8 Å². The van der Waals surface area contributed by atoms with Gasteiger partial charge in [0.15, 0.2) is 0 Å². The molecule has 1 amide bonds. The predicted molar refractivity (Wildman–Crippen MR) is 79.5 cm³/mol. The van der Waals surface area contributed by atoms with Gasteiger partial charge >= 0.3 is 5.97 Å². The summed E-state index contributed by atoms with van der Waals surface area (Å²) in [5.41, 5.74) is 0.207. The van der Waals surface area contributed by atoms with Crippen LogP contribution in [0.1, 0.15) is 44.1 Å². The highest BCUT2D eigenvalue weighted by atomic mass is 79.9. The van der Waals surface area contributed by atoms with Crippen LogP contribution in [0, 0.1) is 5.41 Å². The second-order valence-corrected chi connectivity index (χ2v) is 6.81. The lowest BCUT2D eigenvalue weighted by Gasteiger charge is -2.25. The highest BCUT2D eigenvalue weighted by Crippen LogP contribution is 2.22. The van der Waals surface area contributed by atoms with E-state index in [0.29, 0.717) is 6.42 Å². The molecule has 1 aromatic rings. The van der Waals surface area contributed by atoms with E-state index < -0.39 is 12.0 Å². The van der Waals surface area contributed by atoms with Crippen molar-refractivity contribution in [3.05, 3.63) is 28.5 Å². The van der Waals surface area contributed by atoms with Crippen molar-refractivity contribution >= 4 is 27.8 Å². The van der Waals surface area contributed by atoms with Gasteiger partial charge in [0.05, 0.1) is 6.42 Å². The highest BCUT2D eigenvalue weighted by Gasteiger charge is 2.23. The van der Waals surface area contributed by atoms with Crippen molar-refractivity contribution in [3.63, 3.8) is 0 Å². The van der Waals surface area contributed by atoms with Crippen LogP contribution in [0.4, 0.5) is 0 Å². The van der Waals surface area contributed by atoms with Crippen molar-refractivity contribution < 1.29 is 14.7 Å². The molecule has 0 aliphatic heterocycles. The summed E-state index contributed by atoms with van der Waals surface area (Å²) >= 11 is 3.25. The molecule has 0 spiro atoms. The van der Waals surface area contributed by atoms with Crippen LogP contribution in [0.3, 0.4) is 0 Å². The third kappa shape index (κ3) is 6.14. The zero-order valence-electron chi connectivity index (χ0n) is 11.8. The first kappa shape index (κ1) is 16.6. The average Bonchev–Trinajstić information content (AvgIpc) is 2.26. The number of carboxylic acids is 1. The number of aromatic nitrogens is 1. The number of rotatable bonds is 5. The van der Waals surface area contributed by atoms with Crippen molar-refractivity contribution in [1.82, 2.24) is 10.3 Å². The summed E-state index contributed by atoms with van der Waals surface area (Å²) in [5.74, 6) is -1.28. The van der Waals surface area contributed by atoms with Crippen LogP contribution >= 0.6 is 15.9 Å². The Balaban J connectivity index is 2.75. The lowest BCUT2D eigenvalue weighted by atomic mass is 9.87. The quantitative estimate of drug-likeness (QED) is 0.862. The minimum absolute atomic E-state index is 0.0689. The molecule has 6 heteroatoms. The molecule has 110 valence electrons. The number of hydrogen-bond donors (Lipinski definition) is 2. The fourth-order valence-electron chi connectivity index (χ4n) is 1.89. The smallest absolute Gasteiger partial charge is 0.305 e. The molecule has 20 heavy (non-hydrogen) atoms. The lowest BCUT2D eigenvalue weighted by Crippen LogP contribution is -2.39. The third-order valence-electron chi connectivity index (χ3n) is 2.58. The molecule has 2 N–H and O–H groups in total. The normalized spacial score (nSPS) is 12.8. The van der Waals surface area contributed by atoms with E-state index in [1.807, 2.05) is 20.8 Å². The summed E-state index contributed by atoms with van der Waals surface area (Å²) in [6.07, 6.45) is 2.02. The van der Waals surface area contributed by atoms with E-state index in [0.717, 1.165) is 4.47 Å². The first-order valence-electron chi connectivity index (χ1n) is 6.31. The lowest BCUT2D eigenvalue weighted by molar-refractivity contribution is -0.137. The number of hydrogen-bond acceptors (Lipinski definition) is 3. The van der Waals surface area contributed by atoms with Crippen molar-refractivity contribution in [3.8, 4) is 0 Å². The van der Waals surface area contributed by atoms with Crippen LogP contribution in [0.25, 0.3) is 0 Å². The molecule has 0 aromatic carbocycles. The fourth-order valence-corrected chi connectivity index (χ4v) is 2.13. The van der Waals surface area contributed by atoms with E-state index in [1.165, 1.54) is 6.20 Å². The Bertz CT molecular complexity index is 480. The van der Waals surface area contributed by atoms with E-state index in [-0.39, 0.29) is 23.4 Å². The first-order valence-corrected chi connectivity index (χ1v) is 7.11. The zero-order chi connectivity index (χ0) is 15.3.